The van der Waals surface area contributed by atoms with E-state index in [-0.39, 0.29) is 11.1 Å². The van der Waals surface area contributed by atoms with E-state index in [0.717, 1.165) is 5.56 Å². The number of benzene rings is 1. The van der Waals surface area contributed by atoms with Crippen molar-refractivity contribution in [2.24, 2.45) is 0 Å². The zero-order valence-electron chi connectivity index (χ0n) is 13.0. The molecule has 0 aliphatic carbocycles. The van der Waals surface area contributed by atoms with Crippen LogP contribution in [0.15, 0.2) is 46.6 Å². The first kappa shape index (κ1) is 16.3. The largest absolute Gasteiger partial charge is 0.338 e. The number of thioether (sulfide) groups is 1. The summed E-state index contributed by atoms with van der Waals surface area (Å²) in [6.45, 7) is 6.14. The maximum atomic E-state index is 12.9. The van der Waals surface area contributed by atoms with Gasteiger partial charge in [-0.2, -0.15) is 4.98 Å². The molecule has 0 aliphatic heterocycles. The quantitative estimate of drug-likeness (QED) is 0.480. The zero-order valence-corrected chi connectivity index (χ0v) is 13.8. The van der Waals surface area contributed by atoms with Crippen molar-refractivity contribution in [3.05, 3.63) is 60.0 Å². The zero-order chi connectivity index (χ0) is 16.9. The molecule has 0 fully saturated rings. The summed E-state index contributed by atoms with van der Waals surface area (Å²) in [6, 6.07) is 6.22. The van der Waals surface area contributed by atoms with E-state index in [1.807, 2.05) is 6.92 Å². The molecule has 7 nitrogen and oxygen atoms in total. The van der Waals surface area contributed by atoms with Gasteiger partial charge in [0.05, 0.1) is 11.8 Å². The van der Waals surface area contributed by atoms with Gasteiger partial charge in [-0.1, -0.05) is 35.1 Å². The summed E-state index contributed by atoms with van der Waals surface area (Å²) in [5.74, 6) is 0.773. The molecule has 24 heavy (non-hydrogen) atoms. The summed E-state index contributed by atoms with van der Waals surface area (Å²) in [4.78, 5) is 4.39. The molecule has 0 radical (unpaired) electrons. The lowest BCUT2D eigenvalue weighted by atomic mass is 10.1. The van der Waals surface area contributed by atoms with Crippen molar-refractivity contribution < 1.29 is 8.91 Å². The van der Waals surface area contributed by atoms with E-state index in [2.05, 4.69) is 32.2 Å². The van der Waals surface area contributed by atoms with Gasteiger partial charge in [-0.3, -0.25) is 0 Å². The van der Waals surface area contributed by atoms with Gasteiger partial charge in [0, 0.05) is 6.42 Å². The maximum absolute atomic E-state index is 12.9. The lowest BCUT2D eigenvalue weighted by Crippen LogP contribution is -2.01. The molecule has 2 heterocycles. The van der Waals surface area contributed by atoms with Crippen molar-refractivity contribution in [1.29, 1.82) is 0 Å². The average Bonchev–Trinajstić information content (AvgIpc) is 3.20. The van der Waals surface area contributed by atoms with Crippen LogP contribution in [0.1, 0.15) is 29.5 Å². The molecule has 0 aliphatic rings. The Labute approximate surface area is 142 Å². The average molecular weight is 346 g/mol. The monoisotopic (exact) mass is 346 g/mol. The molecule has 0 bridgehead atoms. The Bertz CT molecular complexity index is 815. The van der Waals surface area contributed by atoms with E-state index in [9.17, 15) is 4.39 Å². The van der Waals surface area contributed by atoms with Gasteiger partial charge in [-0.15, -0.1) is 11.7 Å². The lowest BCUT2D eigenvalue weighted by Gasteiger charge is -2.05. The van der Waals surface area contributed by atoms with Gasteiger partial charge in [-0.25, -0.2) is 9.07 Å². The highest BCUT2D eigenvalue weighted by Gasteiger charge is 2.19. The van der Waals surface area contributed by atoms with Crippen LogP contribution in [-0.4, -0.2) is 30.3 Å². The Morgan fingerprint density at radius 1 is 1.38 bits per heavy atom. The first-order chi connectivity index (χ1) is 11.7. The van der Waals surface area contributed by atoms with Crippen molar-refractivity contribution in [1.82, 2.24) is 30.3 Å². The summed E-state index contributed by atoms with van der Waals surface area (Å²) in [7, 11) is 0. The second-order valence-corrected chi connectivity index (χ2v) is 6.35. The second-order valence-electron chi connectivity index (χ2n) is 5.04. The smallest absolute Gasteiger partial charge is 0.239 e. The number of nitrogens with zero attached hydrogens (tertiary/aromatic N) is 6. The molecule has 9 heteroatoms. The fraction of sp³-hybridized carbons (Fsp3) is 0.267. The number of halogens is 1. The molecule has 3 rings (SSSR count). The first-order valence-electron chi connectivity index (χ1n) is 7.26. The molecule has 0 unspecified atom stereocenters. The van der Waals surface area contributed by atoms with E-state index in [1.165, 1.54) is 23.9 Å². The Morgan fingerprint density at radius 3 is 2.92 bits per heavy atom. The summed E-state index contributed by atoms with van der Waals surface area (Å²) in [6.07, 6.45) is 2.20. The minimum absolute atomic E-state index is 0.103. The van der Waals surface area contributed by atoms with E-state index in [0.29, 0.717) is 29.8 Å². The van der Waals surface area contributed by atoms with Crippen molar-refractivity contribution in [2.45, 2.75) is 30.3 Å². The van der Waals surface area contributed by atoms with Crippen LogP contribution in [-0.2, 0) is 13.0 Å². The maximum Gasteiger partial charge on any atom is 0.239 e. The topological polar surface area (TPSA) is 82.5 Å². The molecule has 0 amide bonds. The van der Waals surface area contributed by atoms with Crippen molar-refractivity contribution in [3.8, 4) is 0 Å². The van der Waals surface area contributed by atoms with Crippen molar-refractivity contribution >= 4 is 11.8 Å². The SMILES string of the molecule is C=CCn1nnnc1S[C@@H](C)c1nc(Cc2ccc(F)cc2)no1. The Hall–Kier alpha value is -2.55. The minimum atomic E-state index is -0.269. The van der Waals surface area contributed by atoms with E-state index in [4.69, 9.17) is 4.52 Å². The Balaban J connectivity index is 1.67. The van der Waals surface area contributed by atoms with Gasteiger partial charge in [0.2, 0.25) is 11.0 Å². The molecule has 2 aromatic heterocycles. The predicted molar refractivity (Wildman–Crippen MR) is 85.8 cm³/mol. The molecular weight excluding hydrogens is 331 g/mol. The fourth-order valence-corrected chi connectivity index (χ4v) is 2.84. The van der Waals surface area contributed by atoms with Crippen LogP contribution in [0.2, 0.25) is 0 Å². The highest BCUT2D eigenvalue weighted by atomic mass is 32.2. The van der Waals surface area contributed by atoms with Crippen LogP contribution in [0.4, 0.5) is 4.39 Å². The third kappa shape index (κ3) is 3.85. The molecule has 0 N–H and O–H groups in total. The number of aromatic nitrogens is 6. The first-order valence-corrected chi connectivity index (χ1v) is 8.14. The summed E-state index contributed by atoms with van der Waals surface area (Å²) < 4.78 is 19.9. The highest BCUT2D eigenvalue weighted by molar-refractivity contribution is 7.99. The highest BCUT2D eigenvalue weighted by Crippen LogP contribution is 2.32. The number of hydrogen-bond acceptors (Lipinski definition) is 7. The van der Waals surface area contributed by atoms with Gasteiger partial charge in [-0.05, 0) is 35.0 Å². The second kappa shape index (κ2) is 7.35. The normalized spacial score (nSPS) is 12.2. The van der Waals surface area contributed by atoms with Gasteiger partial charge < -0.3 is 4.52 Å². The Morgan fingerprint density at radius 2 is 2.17 bits per heavy atom. The van der Waals surface area contributed by atoms with E-state index >= 15 is 0 Å². The third-order valence-electron chi connectivity index (χ3n) is 3.19. The predicted octanol–water partition coefficient (Wildman–Crippen LogP) is 2.83. The fourth-order valence-electron chi connectivity index (χ4n) is 2.02. The van der Waals surface area contributed by atoms with Crippen LogP contribution in [0, 0.1) is 5.82 Å². The number of hydrogen-bond donors (Lipinski definition) is 0. The lowest BCUT2D eigenvalue weighted by molar-refractivity contribution is 0.375. The van der Waals surface area contributed by atoms with Crippen LogP contribution in [0.3, 0.4) is 0 Å². The standard InChI is InChI=1S/C15H15FN6OS/c1-3-8-22-15(18-20-21-22)24-10(2)14-17-13(19-23-14)9-11-4-6-12(16)7-5-11/h3-7,10H,1,8-9H2,2H3/t10-/m0/s1. The minimum Gasteiger partial charge on any atom is -0.338 e. The molecule has 0 saturated carbocycles. The van der Waals surface area contributed by atoms with Crippen LogP contribution in [0.25, 0.3) is 0 Å². The van der Waals surface area contributed by atoms with Crippen LogP contribution in [0.5, 0.6) is 0 Å². The third-order valence-corrected chi connectivity index (χ3v) is 4.25. The molecule has 1 aromatic carbocycles. The van der Waals surface area contributed by atoms with Gasteiger partial charge in [0.25, 0.3) is 0 Å². The van der Waals surface area contributed by atoms with Gasteiger partial charge in [0.1, 0.15) is 5.82 Å². The summed E-state index contributed by atoms with van der Waals surface area (Å²) >= 11 is 1.42. The van der Waals surface area contributed by atoms with E-state index in [1.54, 1.807) is 22.9 Å². The molecule has 0 spiro atoms. The van der Waals surface area contributed by atoms with Gasteiger partial charge >= 0.3 is 0 Å². The van der Waals surface area contributed by atoms with Gasteiger partial charge in [0.15, 0.2) is 5.82 Å². The van der Waals surface area contributed by atoms with E-state index < -0.39 is 0 Å². The van der Waals surface area contributed by atoms with Crippen LogP contribution >= 0.6 is 11.8 Å². The number of allylic oxidation sites excluding steroid dienone is 1. The molecule has 0 saturated heterocycles. The number of rotatable bonds is 7. The summed E-state index contributed by atoms with van der Waals surface area (Å²) in [5, 5.41) is 16.0. The molecular formula is C15H15FN6OS. The Kier molecular flexibility index (Phi) is 4.99. The van der Waals surface area contributed by atoms with Crippen LogP contribution < -0.4 is 0 Å². The summed E-state index contributed by atoms with van der Waals surface area (Å²) in [5.41, 5.74) is 0.916. The molecule has 1 atom stereocenters. The van der Waals surface area contributed by atoms with Crippen molar-refractivity contribution in [2.75, 3.05) is 0 Å². The van der Waals surface area contributed by atoms with Crippen molar-refractivity contribution in [3.63, 3.8) is 0 Å². The number of tetrazole rings is 1. The molecule has 124 valence electrons. The molecule has 3 aromatic rings.